The molecule has 0 bridgehead atoms. The van der Waals surface area contributed by atoms with Crippen LogP contribution in [0.4, 0.5) is 4.39 Å². The van der Waals surface area contributed by atoms with Crippen LogP contribution in [0, 0.1) is 18.7 Å². The Kier molecular flexibility index (Phi) is 7.17. The minimum Gasteiger partial charge on any atom is -0.339 e. The Hall–Kier alpha value is -1.92. The maximum atomic E-state index is 14.0. The number of rotatable bonds is 5. The summed E-state index contributed by atoms with van der Waals surface area (Å²) in [6.45, 7) is 4.38. The van der Waals surface area contributed by atoms with E-state index in [1.807, 2.05) is 18.9 Å². The Morgan fingerprint density at radius 2 is 2.00 bits per heavy atom. The number of carbonyl (C=O) groups is 1. The van der Waals surface area contributed by atoms with Gasteiger partial charge in [-0.05, 0) is 57.8 Å². The number of hydrogen-bond donors (Lipinski definition) is 1. The lowest BCUT2D eigenvalue weighted by atomic mass is 9.93. The lowest BCUT2D eigenvalue weighted by Gasteiger charge is -2.32. The van der Waals surface area contributed by atoms with Gasteiger partial charge in [0.15, 0.2) is 0 Å². The van der Waals surface area contributed by atoms with Crippen LogP contribution in [0.15, 0.2) is 30.5 Å². The predicted octanol–water partition coefficient (Wildman–Crippen LogP) is 3.20. The van der Waals surface area contributed by atoms with Crippen molar-refractivity contribution in [3.8, 4) is 5.69 Å². The highest BCUT2D eigenvalue weighted by Gasteiger charge is 2.26. The Bertz CT molecular complexity index is 741. The van der Waals surface area contributed by atoms with Gasteiger partial charge in [0, 0.05) is 13.1 Å². The zero-order valence-electron chi connectivity index (χ0n) is 15.2. The number of aromatic nitrogens is 2. The van der Waals surface area contributed by atoms with Crippen LogP contribution in [0.2, 0.25) is 0 Å². The molecule has 0 unspecified atom stereocenters. The first-order valence-corrected chi connectivity index (χ1v) is 8.85. The summed E-state index contributed by atoms with van der Waals surface area (Å²) in [6, 6.07) is 6.46. The number of nitrogens with one attached hydrogen (secondary N) is 1. The SMILES string of the molecule is CNCCC1CCN(C(=O)c2cnn(-c3ccccc3F)c2C)CC1.Cl. The number of para-hydroxylation sites is 1. The Labute approximate surface area is 160 Å². The smallest absolute Gasteiger partial charge is 0.257 e. The van der Waals surface area contributed by atoms with Gasteiger partial charge in [-0.3, -0.25) is 4.79 Å². The van der Waals surface area contributed by atoms with Gasteiger partial charge in [0.25, 0.3) is 5.91 Å². The lowest BCUT2D eigenvalue weighted by molar-refractivity contribution is 0.0686. The molecule has 2 heterocycles. The predicted molar refractivity (Wildman–Crippen MR) is 103 cm³/mol. The van der Waals surface area contributed by atoms with Crippen LogP contribution in [0.5, 0.6) is 0 Å². The number of hydrogen-bond acceptors (Lipinski definition) is 3. The third-order valence-corrected chi connectivity index (χ3v) is 5.03. The zero-order chi connectivity index (χ0) is 17.8. The van der Waals surface area contributed by atoms with Crippen LogP contribution in [0.3, 0.4) is 0 Å². The van der Waals surface area contributed by atoms with E-state index in [1.165, 1.54) is 10.7 Å². The van der Waals surface area contributed by atoms with Crippen molar-refractivity contribution >= 4 is 18.3 Å². The molecule has 3 rings (SSSR count). The highest BCUT2D eigenvalue weighted by atomic mass is 35.5. The van der Waals surface area contributed by atoms with Gasteiger partial charge in [0.05, 0.1) is 17.5 Å². The molecule has 142 valence electrons. The second kappa shape index (κ2) is 9.14. The van der Waals surface area contributed by atoms with Gasteiger partial charge in [-0.1, -0.05) is 12.1 Å². The van der Waals surface area contributed by atoms with Crippen molar-refractivity contribution in [1.29, 1.82) is 0 Å². The summed E-state index contributed by atoms with van der Waals surface area (Å²) < 4.78 is 15.5. The summed E-state index contributed by atoms with van der Waals surface area (Å²) in [5.41, 5.74) is 1.59. The molecule has 0 spiro atoms. The molecule has 1 aromatic carbocycles. The largest absolute Gasteiger partial charge is 0.339 e. The average molecular weight is 381 g/mol. The van der Waals surface area contributed by atoms with E-state index in [4.69, 9.17) is 0 Å². The summed E-state index contributed by atoms with van der Waals surface area (Å²) in [5, 5.41) is 7.42. The Morgan fingerprint density at radius 3 is 2.65 bits per heavy atom. The monoisotopic (exact) mass is 380 g/mol. The van der Waals surface area contributed by atoms with Gasteiger partial charge in [0.1, 0.15) is 11.5 Å². The molecule has 1 saturated heterocycles. The third-order valence-electron chi connectivity index (χ3n) is 5.03. The molecule has 0 atom stereocenters. The molecule has 0 radical (unpaired) electrons. The van der Waals surface area contributed by atoms with Crippen molar-refractivity contribution in [3.63, 3.8) is 0 Å². The van der Waals surface area contributed by atoms with Crippen LogP contribution >= 0.6 is 12.4 Å². The number of benzene rings is 1. The van der Waals surface area contributed by atoms with E-state index in [9.17, 15) is 9.18 Å². The molecule has 0 aliphatic carbocycles. The van der Waals surface area contributed by atoms with Crippen molar-refractivity contribution in [2.24, 2.45) is 5.92 Å². The molecular formula is C19H26ClFN4O. The number of piperidine rings is 1. The topological polar surface area (TPSA) is 50.2 Å². The fourth-order valence-corrected chi connectivity index (χ4v) is 3.43. The number of nitrogens with zero attached hydrogens (tertiary/aromatic N) is 3. The van der Waals surface area contributed by atoms with Gasteiger partial charge < -0.3 is 10.2 Å². The van der Waals surface area contributed by atoms with Gasteiger partial charge in [-0.2, -0.15) is 5.10 Å². The lowest BCUT2D eigenvalue weighted by Crippen LogP contribution is -2.39. The van der Waals surface area contributed by atoms with E-state index < -0.39 is 0 Å². The summed E-state index contributed by atoms with van der Waals surface area (Å²) in [4.78, 5) is 14.7. The van der Waals surface area contributed by atoms with E-state index in [1.54, 1.807) is 24.4 Å². The van der Waals surface area contributed by atoms with E-state index in [-0.39, 0.29) is 24.1 Å². The first kappa shape index (κ1) is 20.4. The number of halogens is 2. The van der Waals surface area contributed by atoms with Crippen molar-refractivity contribution in [3.05, 3.63) is 47.5 Å². The highest BCUT2D eigenvalue weighted by molar-refractivity contribution is 5.95. The van der Waals surface area contributed by atoms with Crippen molar-refractivity contribution in [1.82, 2.24) is 20.0 Å². The molecule has 1 N–H and O–H groups in total. The summed E-state index contributed by atoms with van der Waals surface area (Å²) in [7, 11) is 1.97. The van der Waals surface area contributed by atoms with Gasteiger partial charge in [-0.25, -0.2) is 9.07 Å². The van der Waals surface area contributed by atoms with Crippen molar-refractivity contribution in [2.45, 2.75) is 26.2 Å². The summed E-state index contributed by atoms with van der Waals surface area (Å²) in [6.07, 6.45) is 4.78. The second-order valence-electron chi connectivity index (χ2n) is 6.63. The maximum Gasteiger partial charge on any atom is 0.257 e. The van der Waals surface area contributed by atoms with Crippen molar-refractivity contribution in [2.75, 3.05) is 26.7 Å². The molecule has 1 fully saturated rings. The van der Waals surface area contributed by atoms with Crippen LogP contribution in [-0.2, 0) is 0 Å². The standard InChI is InChI=1S/C19H25FN4O.ClH/c1-14-16(13-22-24(14)18-6-4-3-5-17(18)20)19(25)23-11-8-15(9-12-23)7-10-21-2;/h3-6,13,15,21H,7-12H2,1-2H3;1H. The summed E-state index contributed by atoms with van der Waals surface area (Å²) >= 11 is 0. The van der Waals surface area contributed by atoms with E-state index in [2.05, 4.69) is 10.4 Å². The molecule has 1 aliphatic rings. The minimum atomic E-state index is -0.349. The molecule has 5 nitrogen and oxygen atoms in total. The van der Waals surface area contributed by atoms with Gasteiger partial charge in [0.2, 0.25) is 0 Å². The van der Waals surface area contributed by atoms with Gasteiger partial charge >= 0.3 is 0 Å². The average Bonchev–Trinajstić information content (AvgIpc) is 3.01. The van der Waals surface area contributed by atoms with Crippen molar-refractivity contribution < 1.29 is 9.18 Å². The van der Waals surface area contributed by atoms with E-state index in [0.717, 1.165) is 38.9 Å². The molecule has 7 heteroatoms. The third kappa shape index (κ3) is 4.24. The van der Waals surface area contributed by atoms with Crippen LogP contribution in [0.1, 0.15) is 35.3 Å². The zero-order valence-corrected chi connectivity index (χ0v) is 16.1. The van der Waals surface area contributed by atoms with Crippen LogP contribution in [-0.4, -0.2) is 47.3 Å². The Balaban J connectivity index is 0.00000243. The molecular weight excluding hydrogens is 355 g/mol. The molecule has 1 aromatic heterocycles. The highest BCUT2D eigenvalue weighted by Crippen LogP contribution is 2.23. The normalized spacial score (nSPS) is 15.0. The van der Waals surface area contributed by atoms with Gasteiger partial charge in [-0.15, -0.1) is 12.4 Å². The Morgan fingerprint density at radius 1 is 1.31 bits per heavy atom. The molecule has 26 heavy (non-hydrogen) atoms. The number of carbonyl (C=O) groups excluding carboxylic acids is 1. The first-order chi connectivity index (χ1) is 12.1. The quantitative estimate of drug-likeness (QED) is 0.866. The molecule has 2 aromatic rings. The maximum absolute atomic E-state index is 14.0. The fraction of sp³-hybridized carbons (Fsp3) is 0.474. The minimum absolute atomic E-state index is 0. The second-order valence-corrected chi connectivity index (χ2v) is 6.63. The number of amides is 1. The first-order valence-electron chi connectivity index (χ1n) is 8.85. The van der Waals surface area contributed by atoms with Crippen LogP contribution in [0.25, 0.3) is 5.69 Å². The van der Waals surface area contributed by atoms with E-state index >= 15 is 0 Å². The number of likely N-dealkylation sites (tertiary alicyclic amines) is 1. The van der Waals surface area contributed by atoms with E-state index in [0.29, 0.717) is 22.9 Å². The van der Waals surface area contributed by atoms with Crippen LogP contribution < -0.4 is 5.32 Å². The molecule has 1 aliphatic heterocycles. The fourth-order valence-electron chi connectivity index (χ4n) is 3.43. The molecule has 0 saturated carbocycles. The summed E-state index contributed by atoms with van der Waals surface area (Å²) in [5.74, 6) is 0.323. The molecule has 1 amide bonds.